The third kappa shape index (κ3) is 3.22. The SMILES string of the molecule is O=C(NCc1ccc2c(c1)OCO2)N1CCN(c2nccs2)C(=O)C1. The summed E-state index contributed by atoms with van der Waals surface area (Å²) in [4.78, 5) is 31.8. The van der Waals surface area contributed by atoms with Crippen LogP contribution in [0.5, 0.6) is 11.5 Å². The Bertz CT molecular complexity index is 795. The molecule has 0 unspecified atom stereocenters. The number of aromatic nitrogens is 1. The molecule has 0 atom stereocenters. The number of hydrogen-bond donors (Lipinski definition) is 1. The van der Waals surface area contributed by atoms with E-state index >= 15 is 0 Å². The summed E-state index contributed by atoms with van der Waals surface area (Å²) in [6.45, 7) is 1.54. The highest BCUT2D eigenvalue weighted by Gasteiger charge is 2.29. The summed E-state index contributed by atoms with van der Waals surface area (Å²) in [7, 11) is 0. The van der Waals surface area contributed by atoms with E-state index in [0.29, 0.717) is 36.3 Å². The van der Waals surface area contributed by atoms with E-state index in [9.17, 15) is 9.59 Å². The van der Waals surface area contributed by atoms with Crippen LogP contribution in [-0.4, -0.2) is 48.2 Å². The molecule has 25 heavy (non-hydrogen) atoms. The molecule has 1 aromatic heterocycles. The maximum Gasteiger partial charge on any atom is 0.318 e. The summed E-state index contributed by atoms with van der Waals surface area (Å²) in [6.07, 6.45) is 1.66. The van der Waals surface area contributed by atoms with Crippen molar-refractivity contribution in [2.24, 2.45) is 0 Å². The van der Waals surface area contributed by atoms with Crippen LogP contribution in [0.1, 0.15) is 5.56 Å². The molecule has 8 nitrogen and oxygen atoms in total. The van der Waals surface area contributed by atoms with E-state index in [1.807, 2.05) is 23.6 Å². The van der Waals surface area contributed by atoms with Crippen LogP contribution in [0.15, 0.2) is 29.8 Å². The molecule has 3 amide bonds. The minimum absolute atomic E-state index is 0.0482. The van der Waals surface area contributed by atoms with Gasteiger partial charge in [-0.1, -0.05) is 6.07 Å². The number of anilines is 1. The molecule has 2 aromatic rings. The zero-order valence-corrected chi connectivity index (χ0v) is 14.1. The third-order valence-electron chi connectivity index (χ3n) is 4.04. The minimum Gasteiger partial charge on any atom is -0.454 e. The van der Waals surface area contributed by atoms with E-state index < -0.39 is 0 Å². The Kier molecular flexibility index (Phi) is 4.14. The number of ether oxygens (including phenoxy) is 2. The first-order chi connectivity index (χ1) is 12.2. The molecule has 1 fully saturated rings. The Hall–Kier alpha value is -2.81. The van der Waals surface area contributed by atoms with Crippen molar-refractivity contribution < 1.29 is 19.1 Å². The number of urea groups is 1. The second kappa shape index (κ2) is 6.60. The molecule has 1 saturated heterocycles. The standard InChI is InChI=1S/C16H16N4O4S/c21-14-9-19(4-5-20(14)16-17-3-6-25-16)15(22)18-8-11-1-2-12-13(7-11)24-10-23-12/h1-3,6-7H,4-5,8-10H2,(H,18,22). The topological polar surface area (TPSA) is 84.0 Å². The lowest BCUT2D eigenvalue weighted by molar-refractivity contribution is -0.120. The molecule has 0 spiro atoms. The quantitative estimate of drug-likeness (QED) is 0.895. The van der Waals surface area contributed by atoms with Crippen molar-refractivity contribution in [3.05, 3.63) is 35.3 Å². The van der Waals surface area contributed by atoms with Crippen LogP contribution >= 0.6 is 11.3 Å². The number of piperazine rings is 1. The lowest BCUT2D eigenvalue weighted by Gasteiger charge is -2.32. The Morgan fingerprint density at radius 1 is 1.28 bits per heavy atom. The number of thiazole rings is 1. The predicted molar refractivity (Wildman–Crippen MR) is 90.8 cm³/mol. The van der Waals surface area contributed by atoms with E-state index in [0.717, 1.165) is 5.56 Å². The molecule has 0 bridgehead atoms. The van der Waals surface area contributed by atoms with Crippen LogP contribution in [0, 0.1) is 0 Å². The highest BCUT2D eigenvalue weighted by atomic mass is 32.1. The van der Waals surface area contributed by atoms with E-state index in [1.165, 1.54) is 16.2 Å². The highest BCUT2D eigenvalue weighted by molar-refractivity contribution is 7.13. The molecule has 0 radical (unpaired) electrons. The summed E-state index contributed by atoms with van der Waals surface area (Å²) in [6, 6.07) is 5.28. The second-order valence-corrected chi connectivity index (χ2v) is 6.50. The molecular weight excluding hydrogens is 344 g/mol. The molecule has 4 rings (SSSR count). The number of benzene rings is 1. The summed E-state index contributed by atoms with van der Waals surface area (Å²) in [5.41, 5.74) is 0.908. The van der Waals surface area contributed by atoms with Gasteiger partial charge in [-0.05, 0) is 17.7 Å². The number of rotatable bonds is 3. The van der Waals surface area contributed by atoms with E-state index in [2.05, 4.69) is 10.3 Å². The Morgan fingerprint density at radius 3 is 2.96 bits per heavy atom. The highest BCUT2D eigenvalue weighted by Crippen LogP contribution is 2.32. The van der Waals surface area contributed by atoms with Gasteiger partial charge in [-0.2, -0.15) is 0 Å². The van der Waals surface area contributed by atoms with Gasteiger partial charge in [0.15, 0.2) is 16.6 Å². The van der Waals surface area contributed by atoms with Crippen molar-refractivity contribution >= 4 is 28.4 Å². The van der Waals surface area contributed by atoms with Gasteiger partial charge in [0.05, 0.1) is 0 Å². The molecule has 0 aliphatic carbocycles. The molecule has 1 aromatic carbocycles. The Labute approximate surface area is 148 Å². The molecule has 0 saturated carbocycles. The summed E-state index contributed by atoms with van der Waals surface area (Å²) < 4.78 is 10.6. The van der Waals surface area contributed by atoms with Crippen LogP contribution in [0.4, 0.5) is 9.93 Å². The van der Waals surface area contributed by atoms with Crippen LogP contribution in [-0.2, 0) is 11.3 Å². The van der Waals surface area contributed by atoms with Gasteiger partial charge in [0.25, 0.3) is 0 Å². The lowest BCUT2D eigenvalue weighted by Crippen LogP contribution is -2.54. The zero-order valence-electron chi connectivity index (χ0n) is 13.3. The van der Waals surface area contributed by atoms with Crippen molar-refractivity contribution in [1.29, 1.82) is 0 Å². The molecule has 3 heterocycles. The van der Waals surface area contributed by atoms with E-state index in [1.54, 1.807) is 11.1 Å². The molecule has 130 valence electrons. The van der Waals surface area contributed by atoms with Gasteiger partial charge in [-0.15, -0.1) is 11.3 Å². The monoisotopic (exact) mass is 360 g/mol. The fourth-order valence-electron chi connectivity index (χ4n) is 2.74. The number of carbonyl (C=O) groups excluding carboxylic acids is 2. The van der Waals surface area contributed by atoms with Gasteiger partial charge in [0, 0.05) is 31.2 Å². The normalized spacial score (nSPS) is 16.2. The average molecular weight is 360 g/mol. The van der Waals surface area contributed by atoms with Gasteiger partial charge in [0.2, 0.25) is 12.7 Å². The van der Waals surface area contributed by atoms with Crippen molar-refractivity contribution in [2.45, 2.75) is 6.54 Å². The lowest BCUT2D eigenvalue weighted by atomic mass is 10.2. The van der Waals surface area contributed by atoms with E-state index in [4.69, 9.17) is 9.47 Å². The second-order valence-electron chi connectivity index (χ2n) is 5.63. The fraction of sp³-hybridized carbons (Fsp3) is 0.312. The molecular formula is C16H16N4O4S. The maximum absolute atomic E-state index is 12.3. The molecule has 2 aliphatic heterocycles. The number of nitrogens with one attached hydrogen (secondary N) is 1. The van der Waals surface area contributed by atoms with Crippen LogP contribution in [0.25, 0.3) is 0 Å². The molecule has 2 aliphatic rings. The zero-order chi connectivity index (χ0) is 17.2. The number of fused-ring (bicyclic) bond motifs is 1. The molecule has 9 heteroatoms. The van der Waals surface area contributed by atoms with Crippen molar-refractivity contribution in [2.75, 3.05) is 31.3 Å². The number of nitrogens with zero attached hydrogens (tertiary/aromatic N) is 3. The van der Waals surface area contributed by atoms with Gasteiger partial charge in [0.1, 0.15) is 6.54 Å². The summed E-state index contributed by atoms with van der Waals surface area (Å²) >= 11 is 1.41. The average Bonchev–Trinajstić information content (AvgIpc) is 3.30. The number of carbonyl (C=O) groups is 2. The Balaban J connectivity index is 1.32. The third-order valence-corrected chi connectivity index (χ3v) is 4.83. The predicted octanol–water partition coefficient (Wildman–Crippen LogP) is 1.43. The minimum atomic E-state index is -0.259. The number of hydrogen-bond acceptors (Lipinski definition) is 6. The van der Waals surface area contributed by atoms with E-state index in [-0.39, 0.29) is 25.3 Å². The van der Waals surface area contributed by atoms with Gasteiger partial charge < -0.3 is 19.7 Å². The van der Waals surface area contributed by atoms with Crippen LogP contribution in [0.3, 0.4) is 0 Å². The number of amides is 3. The van der Waals surface area contributed by atoms with Gasteiger partial charge >= 0.3 is 6.03 Å². The van der Waals surface area contributed by atoms with Crippen molar-refractivity contribution in [3.63, 3.8) is 0 Å². The molecule has 1 N–H and O–H groups in total. The van der Waals surface area contributed by atoms with Crippen molar-refractivity contribution in [1.82, 2.24) is 15.2 Å². The fourth-order valence-corrected chi connectivity index (χ4v) is 3.42. The summed E-state index contributed by atoms with van der Waals surface area (Å²) in [5.74, 6) is 1.26. The summed E-state index contributed by atoms with van der Waals surface area (Å²) in [5, 5.41) is 5.33. The smallest absolute Gasteiger partial charge is 0.318 e. The first-order valence-corrected chi connectivity index (χ1v) is 8.70. The van der Waals surface area contributed by atoms with Crippen LogP contribution < -0.4 is 19.7 Å². The van der Waals surface area contributed by atoms with Crippen molar-refractivity contribution in [3.8, 4) is 11.5 Å². The van der Waals surface area contributed by atoms with Gasteiger partial charge in [-0.3, -0.25) is 9.69 Å². The van der Waals surface area contributed by atoms with Crippen LogP contribution in [0.2, 0.25) is 0 Å². The van der Waals surface area contributed by atoms with Gasteiger partial charge in [-0.25, -0.2) is 9.78 Å². The first-order valence-electron chi connectivity index (χ1n) is 7.82. The largest absolute Gasteiger partial charge is 0.454 e. The Morgan fingerprint density at radius 2 is 2.16 bits per heavy atom. The first kappa shape index (κ1) is 15.7. The maximum atomic E-state index is 12.3.